The number of rotatable bonds is 2. The van der Waals surface area contributed by atoms with Crippen LogP contribution in [0.25, 0.3) is 0 Å². The van der Waals surface area contributed by atoms with Crippen molar-refractivity contribution in [3.05, 3.63) is 45.5 Å². The van der Waals surface area contributed by atoms with Gasteiger partial charge in [0.05, 0.1) is 10.0 Å². The van der Waals surface area contributed by atoms with Crippen LogP contribution < -0.4 is 0 Å². The van der Waals surface area contributed by atoms with Crippen LogP contribution in [-0.4, -0.2) is 27.6 Å². The van der Waals surface area contributed by atoms with E-state index >= 15 is 0 Å². The fourth-order valence-electron chi connectivity index (χ4n) is 2.62. The number of likely N-dealkylation sites (tertiary alicyclic amines) is 1. The van der Waals surface area contributed by atoms with Crippen molar-refractivity contribution in [1.29, 1.82) is 0 Å². The lowest BCUT2D eigenvalue weighted by Crippen LogP contribution is -2.34. The number of ketones is 1. The topological polar surface area (TPSA) is 83.9 Å². The SMILES string of the molecule is CC1(c2cccc(Cl)c2Cl)OC(N2C(=O)CCC2=O)=C(O)C1=O. The highest BCUT2D eigenvalue weighted by Gasteiger charge is 2.53. The maximum Gasteiger partial charge on any atom is 0.252 e. The van der Waals surface area contributed by atoms with Gasteiger partial charge in [-0.25, -0.2) is 4.90 Å². The Bertz CT molecular complexity index is 772. The van der Waals surface area contributed by atoms with Gasteiger partial charge in [-0.05, 0) is 13.0 Å². The Labute approximate surface area is 141 Å². The molecule has 2 heterocycles. The first-order chi connectivity index (χ1) is 10.8. The minimum Gasteiger partial charge on any atom is -0.501 e. The molecule has 1 N–H and O–H groups in total. The number of hydrogen-bond donors (Lipinski definition) is 1. The summed E-state index contributed by atoms with van der Waals surface area (Å²) in [5, 5.41) is 10.4. The molecule has 1 aromatic rings. The molecule has 1 saturated heterocycles. The van der Waals surface area contributed by atoms with Gasteiger partial charge in [-0.15, -0.1) is 0 Å². The quantitative estimate of drug-likeness (QED) is 0.824. The maximum atomic E-state index is 12.5. The summed E-state index contributed by atoms with van der Waals surface area (Å²) in [6.45, 7) is 1.39. The van der Waals surface area contributed by atoms with E-state index < -0.39 is 34.8 Å². The van der Waals surface area contributed by atoms with Crippen LogP contribution in [0.2, 0.25) is 10.0 Å². The average molecular weight is 356 g/mol. The highest BCUT2D eigenvalue weighted by atomic mass is 35.5. The van der Waals surface area contributed by atoms with E-state index in [0.29, 0.717) is 4.90 Å². The number of hydrogen-bond acceptors (Lipinski definition) is 5. The lowest BCUT2D eigenvalue weighted by Gasteiger charge is -2.26. The second-order valence-corrected chi connectivity index (χ2v) is 6.13. The summed E-state index contributed by atoms with van der Waals surface area (Å²) in [4.78, 5) is 36.8. The van der Waals surface area contributed by atoms with Gasteiger partial charge in [0.25, 0.3) is 11.7 Å². The summed E-state index contributed by atoms with van der Waals surface area (Å²) in [6, 6.07) is 4.64. The van der Waals surface area contributed by atoms with Crippen molar-refractivity contribution < 1.29 is 24.2 Å². The van der Waals surface area contributed by atoms with Crippen LogP contribution >= 0.6 is 23.2 Å². The van der Waals surface area contributed by atoms with Gasteiger partial charge in [0.2, 0.25) is 23.2 Å². The third kappa shape index (κ3) is 2.21. The molecular formula is C15H11Cl2NO5. The molecule has 120 valence electrons. The van der Waals surface area contributed by atoms with Crippen LogP contribution in [0.5, 0.6) is 0 Å². The van der Waals surface area contributed by atoms with Crippen LogP contribution in [0, 0.1) is 0 Å². The van der Waals surface area contributed by atoms with E-state index in [2.05, 4.69) is 0 Å². The highest BCUT2D eigenvalue weighted by molar-refractivity contribution is 6.42. The molecular weight excluding hydrogens is 345 g/mol. The van der Waals surface area contributed by atoms with E-state index in [9.17, 15) is 19.5 Å². The molecule has 1 fully saturated rings. The molecule has 1 atom stereocenters. The summed E-state index contributed by atoms with van der Waals surface area (Å²) in [5.41, 5.74) is -1.44. The second-order valence-electron chi connectivity index (χ2n) is 5.34. The molecule has 0 spiro atoms. The largest absolute Gasteiger partial charge is 0.501 e. The van der Waals surface area contributed by atoms with E-state index in [-0.39, 0.29) is 28.5 Å². The molecule has 2 aliphatic rings. The molecule has 2 amide bonds. The molecule has 0 bridgehead atoms. The number of ether oxygens (including phenoxy) is 1. The third-order valence-electron chi connectivity index (χ3n) is 3.87. The van der Waals surface area contributed by atoms with Gasteiger partial charge in [-0.2, -0.15) is 0 Å². The van der Waals surface area contributed by atoms with Crippen molar-refractivity contribution in [2.75, 3.05) is 0 Å². The van der Waals surface area contributed by atoms with Gasteiger partial charge in [-0.1, -0.05) is 35.3 Å². The second kappa shape index (κ2) is 5.25. The normalized spacial score (nSPS) is 24.7. The molecule has 0 radical (unpaired) electrons. The number of imide groups is 1. The first-order valence-electron chi connectivity index (χ1n) is 6.74. The number of halogens is 2. The van der Waals surface area contributed by atoms with E-state index in [1.165, 1.54) is 19.1 Å². The van der Waals surface area contributed by atoms with Crippen molar-refractivity contribution in [1.82, 2.24) is 4.90 Å². The number of nitrogens with zero attached hydrogens (tertiary/aromatic N) is 1. The summed E-state index contributed by atoms with van der Waals surface area (Å²) < 4.78 is 5.54. The first-order valence-corrected chi connectivity index (χ1v) is 7.50. The van der Waals surface area contributed by atoms with Gasteiger partial charge in [0.1, 0.15) is 0 Å². The minimum absolute atomic E-state index is 0.00179. The highest BCUT2D eigenvalue weighted by Crippen LogP contribution is 2.44. The van der Waals surface area contributed by atoms with Gasteiger partial charge in [-0.3, -0.25) is 14.4 Å². The number of amides is 2. The Morgan fingerprint density at radius 1 is 1.17 bits per heavy atom. The molecule has 2 aliphatic heterocycles. The fourth-order valence-corrected chi connectivity index (χ4v) is 3.10. The number of Topliss-reactive ketones (excluding diaryl/α,β-unsaturated/α-hetero) is 1. The molecule has 1 unspecified atom stereocenters. The average Bonchev–Trinajstić information content (AvgIpc) is 2.95. The summed E-state index contributed by atoms with van der Waals surface area (Å²) in [6.07, 6.45) is 0.00357. The van der Waals surface area contributed by atoms with Crippen LogP contribution in [0.4, 0.5) is 0 Å². The Balaban J connectivity index is 2.06. The minimum atomic E-state index is -1.68. The zero-order valence-corrected chi connectivity index (χ0v) is 13.4. The number of carbonyl (C=O) groups is 3. The zero-order chi connectivity index (χ0) is 16.9. The van der Waals surface area contributed by atoms with Crippen molar-refractivity contribution in [2.24, 2.45) is 0 Å². The Morgan fingerprint density at radius 2 is 1.78 bits per heavy atom. The first kappa shape index (κ1) is 15.8. The van der Waals surface area contributed by atoms with Crippen molar-refractivity contribution in [2.45, 2.75) is 25.4 Å². The Kier molecular flexibility index (Phi) is 3.61. The Morgan fingerprint density at radius 3 is 2.39 bits per heavy atom. The number of aliphatic hydroxyl groups is 1. The zero-order valence-electron chi connectivity index (χ0n) is 11.9. The van der Waals surface area contributed by atoms with Gasteiger partial charge < -0.3 is 9.84 Å². The van der Waals surface area contributed by atoms with E-state index in [4.69, 9.17) is 27.9 Å². The summed E-state index contributed by atoms with van der Waals surface area (Å²) in [5.74, 6) is -3.12. The molecule has 3 rings (SSSR count). The van der Waals surface area contributed by atoms with Gasteiger partial charge in [0, 0.05) is 18.4 Å². The van der Waals surface area contributed by atoms with Crippen LogP contribution in [0.15, 0.2) is 29.8 Å². The summed E-state index contributed by atoms with van der Waals surface area (Å²) in [7, 11) is 0. The van der Waals surface area contributed by atoms with Gasteiger partial charge >= 0.3 is 0 Å². The molecule has 6 nitrogen and oxygen atoms in total. The third-order valence-corrected chi connectivity index (χ3v) is 4.69. The predicted octanol–water partition coefficient (Wildman–Crippen LogP) is 2.68. The van der Waals surface area contributed by atoms with Crippen LogP contribution in [0.3, 0.4) is 0 Å². The van der Waals surface area contributed by atoms with Crippen molar-refractivity contribution in [3.63, 3.8) is 0 Å². The molecule has 8 heteroatoms. The van der Waals surface area contributed by atoms with E-state index in [1.807, 2.05) is 0 Å². The predicted molar refractivity (Wildman–Crippen MR) is 80.6 cm³/mol. The molecule has 0 aliphatic carbocycles. The molecule has 0 saturated carbocycles. The summed E-state index contributed by atoms with van der Waals surface area (Å²) >= 11 is 12.1. The van der Waals surface area contributed by atoms with Crippen LogP contribution in [-0.2, 0) is 24.7 Å². The van der Waals surface area contributed by atoms with E-state index in [0.717, 1.165) is 0 Å². The van der Waals surface area contributed by atoms with Crippen molar-refractivity contribution >= 4 is 40.8 Å². The number of carbonyl (C=O) groups excluding carboxylic acids is 3. The fraction of sp³-hybridized carbons (Fsp3) is 0.267. The number of benzene rings is 1. The monoisotopic (exact) mass is 355 g/mol. The van der Waals surface area contributed by atoms with Crippen LogP contribution in [0.1, 0.15) is 25.3 Å². The lowest BCUT2D eigenvalue weighted by molar-refractivity contribution is -0.144. The standard InChI is InChI=1S/C15H11Cl2NO5/c1-15(7-3-2-4-8(16)11(7)17)13(22)12(21)14(23-15)18-9(19)5-6-10(18)20/h2-4,21H,5-6H2,1H3. The van der Waals surface area contributed by atoms with Gasteiger partial charge in [0.15, 0.2) is 0 Å². The lowest BCUT2D eigenvalue weighted by atomic mass is 9.91. The van der Waals surface area contributed by atoms with E-state index in [1.54, 1.807) is 6.07 Å². The maximum absolute atomic E-state index is 12.5. The molecule has 1 aromatic carbocycles. The molecule has 23 heavy (non-hydrogen) atoms. The smallest absolute Gasteiger partial charge is 0.252 e. The molecule has 0 aromatic heterocycles. The Hall–Kier alpha value is -2.05. The number of aliphatic hydroxyl groups excluding tert-OH is 1. The van der Waals surface area contributed by atoms with Crippen molar-refractivity contribution in [3.8, 4) is 0 Å².